The van der Waals surface area contributed by atoms with E-state index in [9.17, 15) is 4.79 Å². The van der Waals surface area contributed by atoms with Crippen LogP contribution in [0.2, 0.25) is 0 Å². The molecule has 0 bridgehead atoms. The first-order chi connectivity index (χ1) is 13.2. The highest BCUT2D eigenvalue weighted by atomic mass is 127. The predicted molar refractivity (Wildman–Crippen MR) is 125 cm³/mol. The number of halogens is 1. The summed E-state index contributed by atoms with van der Waals surface area (Å²) in [7, 11) is 1.75. The molecule has 3 N–H and O–H groups in total. The molecule has 1 aromatic carbocycles. The van der Waals surface area contributed by atoms with Gasteiger partial charge in [0, 0.05) is 24.2 Å². The van der Waals surface area contributed by atoms with Crippen molar-refractivity contribution in [1.29, 1.82) is 0 Å². The lowest BCUT2D eigenvalue weighted by Crippen LogP contribution is -2.36. The summed E-state index contributed by atoms with van der Waals surface area (Å²) in [5.74, 6) is 0.744. The number of hydrogen-bond acceptors (Lipinski definition) is 4. The third-order valence-electron chi connectivity index (χ3n) is 4.00. The molecule has 0 radical (unpaired) electrons. The average Bonchev–Trinajstić information content (AvgIpc) is 3.34. The maximum Gasteiger partial charge on any atom is 0.291 e. The highest BCUT2D eigenvalue weighted by Gasteiger charge is 2.09. The topological polar surface area (TPSA) is 78.7 Å². The van der Waals surface area contributed by atoms with Crippen molar-refractivity contribution < 1.29 is 9.21 Å². The number of furan rings is 1. The van der Waals surface area contributed by atoms with Gasteiger partial charge in [0.2, 0.25) is 0 Å². The molecular weight excluding hydrogens is 487 g/mol. The molecule has 1 amide bonds. The molecule has 8 heteroatoms. The fraction of sp³-hybridized carbons (Fsp3) is 0.200. The van der Waals surface area contributed by atoms with Gasteiger partial charge in [0.25, 0.3) is 5.91 Å². The van der Waals surface area contributed by atoms with Gasteiger partial charge in [-0.2, -0.15) is 0 Å². The number of benzene rings is 1. The quantitative estimate of drug-likeness (QED) is 0.261. The summed E-state index contributed by atoms with van der Waals surface area (Å²) >= 11 is 1.73. The minimum absolute atomic E-state index is 0. The first-order valence-corrected chi connectivity index (χ1v) is 9.45. The van der Waals surface area contributed by atoms with Crippen LogP contribution in [0, 0.1) is 6.92 Å². The summed E-state index contributed by atoms with van der Waals surface area (Å²) in [6.07, 6.45) is 1.48. The molecule has 0 aliphatic rings. The first kappa shape index (κ1) is 22.0. The SMILES string of the molecule is CN=C(NCc1cccc(NC(=O)c2ccco2)c1)NCc1sccc1C.I. The number of nitrogens with zero attached hydrogens (tertiary/aromatic N) is 1. The third kappa shape index (κ3) is 6.10. The van der Waals surface area contributed by atoms with Crippen LogP contribution in [0.25, 0.3) is 0 Å². The second kappa shape index (κ2) is 10.9. The van der Waals surface area contributed by atoms with Gasteiger partial charge >= 0.3 is 0 Å². The number of hydrogen-bond donors (Lipinski definition) is 3. The Morgan fingerprint density at radius 1 is 1.14 bits per heavy atom. The lowest BCUT2D eigenvalue weighted by molar-refractivity contribution is 0.0996. The van der Waals surface area contributed by atoms with Gasteiger partial charge < -0.3 is 20.4 Å². The Kier molecular flexibility index (Phi) is 8.52. The first-order valence-electron chi connectivity index (χ1n) is 8.57. The van der Waals surface area contributed by atoms with Crippen LogP contribution in [0.15, 0.2) is 63.5 Å². The van der Waals surface area contributed by atoms with Gasteiger partial charge in [-0.3, -0.25) is 9.79 Å². The molecule has 148 valence electrons. The molecule has 3 aromatic rings. The van der Waals surface area contributed by atoms with Crippen molar-refractivity contribution in [2.75, 3.05) is 12.4 Å². The van der Waals surface area contributed by atoms with E-state index in [-0.39, 0.29) is 35.6 Å². The number of carbonyl (C=O) groups excluding carboxylic acids is 1. The number of aryl methyl sites for hydroxylation is 1. The standard InChI is InChI=1S/C20H22N4O2S.HI/c1-14-8-10-27-18(14)13-23-20(21-2)22-12-15-5-3-6-16(11-15)24-19(25)17-7-4-9-26-17;/h3-11H,12-13H2,1-2H3,(H,24,25)(H2,21,22,23);1H. The summed E-state index contributed by atoms with van der Waals surface area (Å²) in [6, 6.07) is 13.1. The van der Waals surface area contributed by atoms with Crippen molar-refractivity contribution in [3.63, 3.8) is 0 Å². The summed E-state index contributed by atoms with van der Waals surface area (Å²) < 4.78 is 5.11. The van der Waals surface area contributed by atoms with Gasteiger partial charge in [0.05, 0.1) is 12.8 Å². The van der Waals surface area contributed by atoms with E-state index >= 15 is 0 Å². The van der Waals surface area contributed by atoms with E-state index in [1.807, 2.05) is 24.3 Å². The van der Waals surface area contributed by atoms with E-state index in [1.165, 1.54) is 16.7 Å². The molecule has 3 rings (SSSR count). The lowest BCUT2D eigenvalue weighted by atomic mass is 10.2. The molecule has 2 aromatic heterocycles. The number of nitrogens with one attached hydrogen (secondary N) is 3. The minimum atomic E-state index is -0.270. The van der Waals surface area contributed by atoms with Gasteiger partial charge in [-0.15, -0.1) is 35.3 Å². The van der Waals surface area contributed by atoms with Crippen molar-refractivity contribution in [1.82, 2.24) is 10.6 Å². The Morgan fingerprint density at radius 2 is 1.96 bits per heavy atom. The molecule has 0 spiro atoms. The van der Waals surface area contributed by atoms with Gasteiger partial charge in [-0.05, 0) is 53.8 Å². The van der Waals surface area contributed by atoms with Crippen LogP contribution in [0.1, 0.15) is 26.6 Å². The second-order valence-electron chi connectivity index (χ2n) is 5.94. The summed E-state index contributed by atoms with van der Waals surface area (Å²) in [6.45, 7) is 3.43. The maximum absolute atomic E-state index is 12.1. The summed E-state index contributed by atoms with van der Waals surface area (Å²) in [5.41, 5.74) is 3.03. The van der Waals surface area contributed by atoms with Crippen molar-refractivity contribution >= 4 is 52.9 Å². The number of aliphatic imine (C=N–C) groups is 1. The van der Waals surface area contributed by atoms with Crippen molar-refractivity contribution in [3.8, 4) is 0 Å². The van der Waals surface area contributed by atoms with E-state index in [0.717, 1.165) is 18.1 Å². The molecule has 0 saturated carbocycles. The lowest BCUT2D eigenvalue weighted by Gasteiger charge is -2.12. The maximum atomic E-state index is 12.1. The van der Waals surface area contributed by atoms with Crippen LogP contribution in [-0.2, 0) is 13.1 Å². The van der Waals surface area contributed by atoms with Crippen LogP contribution in [0.5, 0.6) is 0 Å². The van der Waals surface area contributed by atoms with Gasteiger partial charge in [-0.1, -0.05) is 12.1 Å². The van der Waals surface area contributed by atoms with Gasteiger partial charge in [0.1, 0.15) is 0 Å². The minimum Gasteiger partial charge on any atom is -0.459 e. The van der Waals surface area contributed by atoms with E-state index in [2.05, 4.69) is 39.3 Å². The Labute approximate surface area is 185 Å². The molecule has 2 heterocycles. The molecule has 28 heavy (non-hydrogen) atoms. The predicted octanol–water partition coefficient (Wildman–Crippen LogP) is 4.39. The zero-order valence-electron chi connectivity index (χ0n) is 15.7. The van der Waals surface area contributed by atoms with Crippen LogP contribution < -0.4 is 16.0 Å². The van der Waals surface area contributed by atoms with Crippen molar-refractivity contribution in [2.24, 2.45) is 4.99 Å². The normalized spacial score (nSPS) is 10.9. The molecule has 0 atom stereocenters. The largest absolute Gasteiger partial charge is 0.459 e. The zero-order chi connectivity index (χ0) is 19.1. The molecule has 0 aliphatic carbocycles. The number of carbonyl (C=O) groups is 1. The molecule has 0 saturated heterocycles. The molecule has 0 unspecified atom stereocenters. The van der Waals surface area contributed by atoms with Crippen molar-refractivity contribution in [3.05, 3.63) is 75.9 Å². The van der Waals surface area contributed by atoms with Crippen molar-refractivity contribution in [2.45, 2.75) is 20.0 Å². The third-order valence-corrected chi connectivity index (χ3v) is 5.02. The monoisotopic (exact) mass is 510 g/mol. The zero-order valence-corrected chi connectivity index (χ0v) is 18.8. The van der Waals surface area contributed by atoms with E-state index in [4.69, 9.17) is 4.42 Å². The number of amides is 1. The molecule has 0 aliphatic heterocycles. The van der Waals surface area contributed by atoms with E-state index < -0.39 is 0 Å². The smallest absolute Gasteiger partial charge is 0.291 e. The summed E-state index contributed by atoms with van der Waals surface area (Å²) in [4.78, 5) is 17.6. The second-order valence-corrected chi connectivity index (χ2v) is 6.94. The average molecular weight is 510 g/mol. The number of guanidine groups is 1. The fourth-order valence-corrected chi connectivity index (χ4v) is 3.36. The number of anilines is 1. The van der Waals surface area contributed by atoms with Crippen LogP contribution >= 0.6 is 35.3 Å². The van der Waals surface area contributed by atoms with Crippen LogP contribution in [0.4, 0.5) is 5.69 Å². The molecular formula is C20H23IN4O2S. The highest BCUT2D eigenvalue weighted by molar-refractivity contribution is 14.0. The Morgan fingerprint density at radius 3 is 2.64 bits per heavy atom. The van der Waals surface area contributed by atoms with E-state index in [0.29, 0.717) is 12.2 Å². The number of thiophene rings is 1. The Hall–Kier alpha value is -2.33. The summed E-state index contributed by atoms with van der Waals surface area (Å²) in [5, 5.41) is 11.5. The van der Waals surface area contributed by atoms with Gasteiger partial charge in [-0.25, -0.2) is 0 Å². The van der Waals surface area contributed by atoms with Crippen LogP contribution in [0.3, 0.4) is 0 Å². The van der Waals surface area contributed by atoms with Gasteiger partial charge in [0.15, 0.2) is 11.7 Å². The molecule has 0 fully saturated rings. The van der Waals surface area contributed by atoms with E-state index in [1.54, 1.807) is 30.5 Å². The Balaban J connectivity index is 0.00000280. The Bertz CT molecular complexity index is 922. The fourth-order valence-electron chi connectivity index (χ4n) is 2.52. The highest BCUT2D eigenvalue weighted by Crippen LogP contribution is 2.15. The number of rotatable bonds is 6. The molecule has 6 nitrogen and oxygen atoms in total. The van der Waals surface area contributed by atoms with Crippen LogP contribution in [-0.4, -0.2) is 18.9 Å².